The lowest BCUT2D eigenvalue weighted by Crippen LogP contribution is -2.66. The van der Waals surface area contributed by atoms with E-state index in [1.54, 1.807) is 12.4 Å². The van der Waals surface area contributed by atoms with E-state index in [0.29, 0.717) is 19.7 Å². The third kappa shape index (κ3) is 9.68. The Balaban J connectivity index is 1.30. The van der Waals surface area contributed by atoms with Gasteiger partial charge >= 0.3 is 11.8 Å². The second kappa shape index (κ2) is 18.6. The maximum Gasteiger partial charge on any atom is 0.407 e. The molecule has 1 N–H and O–H groups in total. The van der Waals surface area contributed by atoms with E-state index in [4.69, 9.17) is 14.1 Å². The van der Waals surface area contributed by atoms with Crippen LogP contribution in [-0.4, -0.2) is 65.4 Å². The average molecular weight is 829 g/mol. The number of unbranched alkanes of at least 4 members (excludes halogenated alkanes) is 1. The van der Waals surface area contributed by atoms with Crippen molar-refractivity contribution in [2.45, 2.75) is 117 Å². The van der Waals surface area contributed by atoms with E-state index in [9.17, 15) is 9.59 Å². The first-order chi connectivity index (χ1) is 28.5. The molecule has 318 valence electrons. The van der Waals surface area contributed by atoms with E-state index in [1.165, 1.54) is 10.4 Å². The van der Waals surface area contributed by atoms with E-state index >= 15 is 0 Å². The number of anilines is 1. The van der Waals surface area contributed by atoms with Crippen molar-refractivity contribution < 1.29 is 14.0 Å². The molecule has 0 saturated carbocycles. The molecule has 0 radical (unpaired) electrons. The predicted molar refractivity (Wildman–Crippen MR) is 248 cm³/mol. The largest absolute Gasteiger partial charge is 0.444 e. The molecular weight excluding hydrogens is 765 g/mol. The number of pyridine rings is 2. The maximum absolute atomic E-state index is 14.1. The normalized spacial score (nSPS) is 13.4. The topological polar surface area (TPSA) is 104 Å². The second-order valence-corrected chi connectivity index (χ2v) is 22.5. The molecule has 0 saturated heterocycles. The monoisotopic (exact) mass is 828 g/mol. The number of ether oxygens (including phenoxy) is 1. The summed E-state index contributed by atoms with van der Waals surface area (Å²) >= 11 is 0. The number of aryl methyl sites for hydroxylation is 1. The minimum Gasteiger partial charge on any atom is -0.444 e. The molecule has 3 aromatic heterocycles. The Labute approximate surface area is 357 Å². The third-order valence-corrected chi connectivity index (χ3v) is 16.5. The van der Waals surface area contributed by atoms with Crippen molar-refractivity contribution in [3.05, 3.63) is 125 Å². The highest BCUT2D eigenvalue weighted by Gasteiger charge is 2.50. The van der Waals surface area contributed by atoms with Crippen molar-refractivity contribution in [3.8, 4) is 0 Å². The summed E-state index contributed by atoms with van der Waals surface area (Å²) in [7, 11) is -0.645. The highest BCUT2D eigenvalue weighted by Crippen LogP contribution is 2.37. The van der Waals surface area contributed by atoms with Gasteiger partial charge in [-0.3, -0.25) is 19.1 Å². The molecule has 60 heavy (non-hydrogen) atoms. The molecule has 0 aliphatic carbocycles. The number of alkyl carbamates (subject to hydrolysis) is 1. The van der Waals surface area contributed by atoms with Crippen LogP contribution in [0.25, 0.3) is 21.8 Å². The number of nitrogens with zero attached hydrogens (tertiary/aromatic N) is 5. The van der Waals surface area contributed by atoms with Crippen LogP contribution in [0.5, 0.6) is 0 Å². The predicted octanol–water partition coefficient (Wildman–Crippen LogP) is 9.01. The lowest BCUT2D eigenvalue weighted by Gasteiger charge is -2.43. The molecule has 3 heterocycles. The minimum atomic E-state index is -2.67. The van der Waals surface area contributed by atoms with Gasteiger partial charge < -0.3 is 19.4 Å². The zero-order chi connectivity index (χ0) is 43.2. The fraction of sp³-hybridized carbons (Fsp3) is 0.429. The number of hydrogen-bond donors (Lipinski definition) is 1. The van der Waals surface area contributed by atoms with Crippen LogP contribution in [0.3, 0.4) is 0 Å². The van der Waals surface area contributed by atoms with Gasteiger partial charge in [-0.05, 0) is 105 Å². The third-order valence-electron chi connectivity index (χ3n) is 11.5. The SMILES string of the molecule is CCC(C)n1c(=O)n(Cc2ncc3cc(N(C)C[C@@H](C)NC(=O)OC(C)(C)C)ccc3c2CCCCO[Si](c2ccccc2)(c2ccccc2)C(C)(C)C)c2cnccc21. The summed E-state index contributed by atoms with van der Waals surface area (Å²) in [5, 5.41) is 7.53. The molecule has 1 unspecified atom stereocenters. The Morgan fingerprint density at radius 2 is 1.55 bits per heavy atom. The van der Waals surface area contributed by atoms with Gasteiger partial charge in [-0.1, -0.05) is 94.4 Å². The van der Waals surface area contributed by atoms with Gasteiger partial charge in [0.2, 0.25) is 0 Å². The van der Waals surface area contributed by atoms with E-state index in [-0.39, 0.29) is 22.8 Å². The molecule has 0 aliphatic heterocycles. The van der Waals surface area contributed by atoms with Gasteiger partial charge in [-0.2, -0.15) is 0 Å². The van der Waals surface area contributed by atoms with Gasteiger partial charge in [0.25, 0.3) is 8.32 Å². The Kier molecular flexibility index (Phi) is 13.7. The zero-order valence-electron chi connectivity index (χ0n) is 37.3. The average Bonchev–Trinajstić information content (AvgIpc) is 3.48. The standard InChI is InChI=1S/C49H64N6O4Si/c1-11-36(3)55-44-27-28-50-32-45(44)54(47(55)57)34-43-42(41-26-25-38(30-37(41)31-51-43)53(10)33-35(2)52-46(56)59-48(4,5)6)24-18-19-29-58-60(49(7,8)9,39-20-14-12-15-21-39)40-22-16-13-17-23-40/h12-17,20-23,25-28,30-32,35-36H,11,18-19,24,29,33-34H2,1-10H3,(H,52,56)/t35-,36?/m1/s1. The van der Waals surface area contributed by atoms with Crippen LogP contribution in [0, 0.1) is 0 Å². The summed E-state index contributed by atoms with van der Waals surface area (Å²) in [6, 6.07) is 29.9. The van der Waals surface area contributed by atoms with E-state index in [1.807, 2.05) is 56.1 Å². The van der Waals surface area contributed by atoms with Crippen LogP contribution in [0.2, 0.25) is 5.04 Å². The molecule has 3 aromatic carbocycles. The highest BCUT2D eigenvalue weighted by atomic mass is 28.4. The number of carbonyl (C=O) groups excluding carboxylic acids is 1. The van der Waals surface area contributed by atoms with Gasteiger partial charge in [0.05, 0.1) is 29.5 Å². The van der Waals surface area contributed by atoms with Crippen LogP contribution in [0.4, 0.5) is 10.5 Å². The lowest BCUT2D eigenvalue weighted by molar-refractivity contribution is 0.0510. The second-order valence-electron chi connectivity index (χ2n) is 18.2. The summed E-state index contributed by atoms with van der Waals surface area (Å²) < 4.78 is 16.5. The molecule has 0 aliphatic rings. The first-order valence-electron chi connectivity index (χ1n) is 21.4. The number of benzene rings is 3. The molecule has 6 rings (SSSR count). The van der Waals surface area contributed by atoms with Gasteiger partial charge in [0.15, 0.2) is 0 Å². The Morgan fingerprint density at radius 1 is 0.883 bits per heavy atom. The number of carbonyl (C=O) groups is 1. The number of nitrogens with one attached hydrogen (secondary N) is 1. The van der Waals surface area contributed by atoms with Gasteiger partial charge in [-0.15, -0.1) is 0 Å². The number of rotatable bonds is 16. The summed E-state index contributed by atoms with van der Waals surface area (Å²) in [5.41, 5.74) is 4.09. The quantitative estimate of drug-likeness (QED) is 0.0768. The molecule has 0 fully saturated rings. The number of amides is 1. The molecule has 0 bridgehead atoms. The van der Waals surface area contributed by atoms with Crippen LogP contribution >= 0.6 is 0 Å². The maximum atomic E-state index is 14.1. The number of aromatic nitrogens is 4. The van der Waals surface area contributed by atoms with Crippen molar-refractivity contribution >= 4 is 52.3 Å². The summed E-state index contributed by atoms with van der Waals surface area (Å²) in [6.45, 7) is 20.2. The molecule has 11 heteroatoms. The number of hydrogen-bond acceptors (Lipinski definition) is 7. The van der Waals surface area contributed by atoms with E-state index < -0.39 is 20.0 Å². The lowest BCUT2D eigenvalue weighted by atomic mass is 9.98. The Hall–Kier alpha value is -5.26. The van der Waals surface area contributed by atoms with Gasteiger partial charge in [0.1, 0.15) is 5.60 Å². The fourth-order valence-corrected chi connectivity index (χ4v) is 13.1. The highest BCUT2D eigenvalue weighted by molar-refractivity contribution is 6.99. The molecule has 10 nitrogen and oxygen atoms in total. The first-order valence-corrected chi connectivity index (χ1v) is 23.4. The summed E-state index contributed by atoms with van der Waals surface area (Å²) in [6.07, 6.45) is 8.39. The van der Waals surface area contributed by atoms with Crippen LogP contribution in [0.1, 0.15) is 98.9 Å². The van der Waals surface area contributed by atoms with Gasteiger partial charge in [0, 0.05) is 55.8 Å². The van der Waals surface area contributed by atoms with Crippen molar-refractivity contribution in [3.63, 3.8) is 0 Å². The van der Waals surface area contributed by atoms with Crippen molar-refractivity contribution in [2.24, 2.45) is 0 Å². The Morgan fingerprint density at radius 3 is 2.17 bits per heavy atom. The van der Waals surface area contributed by atoms with Crippen LogP contribution < -0.4 is 26.3 Å². The number of imidazole rings is 1. The van der Waals surface area contributed by atoms with Crippen molar-refractivity contribution in [2.75, 3.05) is 25.1 Å². The summed E-state index contributed by atoms with van der Waals surface area (Å²) in [4.78, 5) is 38.3. The molecule has 2 atom stereocenters. The summed E-state index contributed by atoms with van der Waals surface area (Å²) in [5.74, 6) is 0. The fourth-order valence-electron chi connectivity index (χ4n) is 8.46. The van der Waals surface area contributed by atoms with Crippen molar-refractivity contribution in [1.82, 2.24) is 24.4 Å². The molecule has 1 amide bonds. The Bertz CT molecular complexity index is 2390. The minimum absolute atomic E-state index is 0.0423. The zero-order valence-corrected chi connectivity index (χ0v) is 38.3. The van der Waals surface area contributed by atoms with Gasteiger partial charge in [-0.25, -0.2) is 9.59 Å². The smallest absolute Gasteiger partial charge is 0.407 e. The number of fused-ring (bicyclic) bond motifs is 2. The van der Waals surface area contributed by atoms with E-state index in [0.717, 1.165) is 64.4 Å². The molecule has 6 aromatic rings. The van der Waals surface area contributed by atoms with Crippen LogP contribution in [0.15, 0.2) is 108 Å². The first kappa shape index (κ1) is 44.3. The van der Waals surface area contributed by atoms with E-state index in [2.05, 4.69) is 129 Å². The molecule has 0 spiro atoms. The van der Waals surface area contributed by atoms with Crippen LogP contribution in [-0.2, 0) is 22.1 Å². The van der Waals surface area contributed by atoms with Crippen molar-refractivity contribution in [1.29, 1.82) is 0 Å². The number of likely N-dealkylation sites (N-methyl/N-ethyl adjacent to an activating group) is 1. The molecular formula is C49H64N6O4Si.